The van der Waals surface area contributed by atoms with E-state index in [0.717, 1.165) is 0 Å². The van der Waals surface area contributed by atoms with Crippen molar-refractivity contribution >= 4 is 23.3 Å². The summed E-state index contributed by atoms with van der Waals surface area (Å²) in [6, 6.07) is 8.71. The first-order chi connectivity index (χ1) is 8.77. The summed E-state index contributed by atoms with van der Waals surface area (Å²) in [6.45, 7) is 2.15. The maximum absolute atomic E-state index is 6.56. The molecule has 3 heteroatoms. The van der Waals surface area contributed by atoms with E-state index in [1.807, 2.05) is 0 Å². The van der Waals surface area contributed by atoms with E-state index in [2.05, 4.69) is 36.2 Å². The largest absolute Gasteiger partial charge is 0.358 e. The van der Waals surface area contributed by atoms with Crippen LogP contribution in [0.2, 0.25) is 0 Å². The van der Waals surface area contributed by atoms with Crippen LogP contribution in [0.4, 0.5) is 0 Å². The van der Waals surface area contributed by atoms with Crippen LogP contribution in [0.5, 0.6) is 0 Å². The lowest BCUT2D eigenvalue weighted by atomic mass is 9.81. The van der Waals surface area contributed by atoms with Crippen LogP contribution in [0.3, 0.4) is 0 Å². The summed E-state index contributed by atoms with van der Waals surface area (Å²) in [5.74, 6) is 0.664. The first-order valence-corrected chi connectivity index (χ1v) is 7.10. The molecule has 1 aromatic heterocycles. The summed E-state index contributed by atoms with van der Waals surface area (Å²) >= 11 is 0. The minimum atomic E-state index is 0. The number of fused-ring (bicyclic) bond motifs is 1. The molecule has 1 saturated carbocycles. The molecule has 3 N–H and O–H groups in total. The van der Waals surface area contributed by atoms with Gasteiger partial charge in [0.1, 0.15) is 0 Å². The molecule has 0 radical (unpaired) electrons. The molecule has 1 aliphatic rings. The average molecular weight is 279 g/mol. The van der Waals surface area contributed by atoms with Gasteiger partial charge in [0.25, 0.3) is 0 Å². The molecular weight excluding hydrogens is 256 g/mol. The van der Waals surface area contributed by atoms with Gasteiger partial charge in [-0.1, -0.05) is 37.5 Å². The van der Waals surface area contributed by atoms with Crippen molar-refractivity contribution in [1.82, 2.24) is 4.98 Å². The highest BCUT2D eigenvalue weighted by atomic mass is 35.5. The number of para-hydroxylation sites is 1. The van der Waals surface area contributed by atoms with E-state index in [-0.39, 0.29) is 18.4 Å². The molecule has 104 valence electrons. The van der Waals surface area contributed by atoms with Gasteiger partial charge < -0.3 is 10.7 Å². The van der Waals surface area contributed by atoms with Gasteiger partial charge in [-0.3, -0.25) is 0 Å². The van der Waals surface area contributed by atoms with Crippen LogP contribution < -0.4 is 5.73 Å². The Morgan fingerprint density at radius 3 is 2.58 bits per heavy atom. The Morgan fingerprint density at radius 1 is 1.16 bits per heavy atom. The van der Waals surface area contributed by atoms with Gasteiger partial charge in [0.05, 0.1) is 0 Å². The van der Waals surface area contributed by atoms with Crippen molar-refractivity contribution < 1.29 is 0 Å². The molecule has 19 heavy (non-hydrogen) atoms. The number of aryl methyl sites for hydroxylation is 1. The predicted octanol–water partition coefficient (Wildman–Crippen LogP) is 4.48. The SMILES string of the molecule is Cc1[nH]c2ccccc2c1[C@H](N)C1CCCCC1.Cl. The third kappa shape index (κ3) is 2.65. The summed E-state index contributed by atoms with van der Waals surface area (Å²) < 4.78 is 0. The molecule has 0 amide bonds. The lowest BCUT2D eigenvalue weighted by Gasteiger charge is -2.28. The zero-order chi connectivity index (χ0) is 12.5. The Kier molecular flexibility index (Phi) is 4.54. The summed E-state index contributed by atoms with van der Waals surface area (Å²) in [7, 11) is 0. The van der Waals surface area contributed by atoms with E-state index in [1.54, 1.807) is 0 Å². The van der Waals surface area contributed by atoms with Crippen molar-refractivity contribution in [3.05, 3.63) is 35.5 Å². The van der Waals surface area contributed by atoms with Crippen molar-refractivity contribution in [2.75, 3.05) is 0 Å². The minimum absolute atomic E-state index is 0. The molecule has 1 aliphatic carbocycles. The Balaban J connectivity index is 0.00000133. The second-order valence-corrected chi connectivity index (χ2v) is 5.63. The molecule has 0 aliphatic heterocycles. The molecule has 1 atom stereocenters. The second-order valence-electron chi connectivity index (χ2n) is 5.63. The van der Waals surface area contributed by atoms with E-state index in [9.17, 15) is 0 Å². The molecule has 2 nitrogen and oxygen atoms in total. The number of hydrogen-bond acceptors (Lipinski definition) is 1. The Morgan fingerprint density at radius 2 is 1.84 bits per heavy atom. The smallest absolute Gasteiger partial charge is 0.0459 e. The standard InChI is InChI=1S/C16H22N2.ClH/c1-11-15(13-9-5-6-10-14(13)18-11)16(17)12-7-3-2-4-8-12;/h5-6,9-10,12,16,18H,2-4,7-8,17H2,1H3;1H/t16-;/m1./s1. The van der Waals surface area contributed by atoms with E-state index in [0.29, 0.717) is 5.92 Å². The number of nitrogens with one attached hydrogen (secondary N) is 1. The number of aromatic amines is 1. The molecule has 3 rings (SSSR count). The Hall–Kier alpha value is -0.990. The van der Waals surface area contributed by atoms with Crippen LogP contribution >= 0.6 is 12.4 Å². The number of benzene rings is 1. The van der Waals surface area contributed by atoms with Crippen molar-refractivity contribution in [2.45, 2.75) is 45.1 Å². The third-order valence-corrected chi connectivity index (χ3v) is 4.43. The van der Waals surface area contributed by atoms with Gasteiger partial charge >= 0.3 is 0 Å². The van der Waals surface area contributed by atoms with Gasteiger partial charge in [-0.2, -0.15) is 0 Å². The Bertz CT molecular complexity index is 541. The number of rotatable bonds is 2. The number of halogens is 1. The van der Waals surface area contributed by atoms with E-state index >= 15 is 0 Å². The van der Waals surface area contributed by atoms with Crippen LogP contribution in [0.25, 0.3) is 10.9 Å². The maximum atomic E-state index is 6.56. The van der Waals surface area contributed by atoms with Crippen LogP contribution in [-0.4, -0.2) is 4.98 Å². The molecular formula is C16H23ClN2. The van der Waals surface area contributed by atoms with Gasteiger partial charge in [0.15, 0.2) is 0 Å². The highest BCUT2D eigenvalue weighted by Crippen LogP contribution is 2.37. The Labute approximate surface area is 121 Å². The normalized spacial score (nSPS) is 18.2. The predicted molar refractivity (Wildman–Crippen MR) is 83.8 cm³/mol. The number of H-pyrrole nitrogens is 1. The molecule has 0 spiro atoms. The molecule has 1 aromatic carbocycles. The summed E-state index contributed by atoms with van der Waals surface area (Å²) in [6.07, 6.45) is 6.66. The summed E-state index contributed by atoms with van der Waals surface area (Å²) in [5.41, 5.74) is 10.4. The van der Waals surface area contributed by atoms with Crippen LogP contribution in [0.15, 0.2) is 24.3 Å². The highest BCUT2D eigenvalue weighted by molar-refractivity contribution is 5.85. The summed E-state index contributed by atoms with van der Waals surface area (Å²) in [4.78, 5) is 3.47. The van der Waals surface area contributed by atoms with Gasteiger partial charge in [-0.25, -0.2) is 0 Å². The molecule has 1 fully saturated rings. The fourth-order valence-corrected chi connectivity index (χ4v) is 3.46. The number of nitrogens with two attached hydrogens (primary N) is 1. The molecule has 0 unspecified atom stereocenters. The van der Waals surface area contributed by atoms with Gasteiger partial charge in [0, 0.05) is 22.6 Å². The van der Waals surface area contributed by atoms with Crippen molar-refractivity contribution in [3.8, 4) is 0 Å². The summed E-state index contributed by atoms with van der Waals surface area (Å²) in [5, 5.41) is 1.31. The molecule has 0 bridgehead atoms. The fraction of sp³-hybridized carbons (Fsp3) is 0.500. The average Bonchev–Trinajstić information content (AvgIpc) is 2.75. The van der Waals surface area contributed by atoms with E-state index in [4.69, 9.17) is 5.73 Å². The lowest BCUT2D eigenvalue weighted by molar-refractivity contribution is 0.308. The van der Waals surface area contributed by atoms with E-state index in [1.165, 1.54) is 54.3 Å². The molecule has 1 heterocycles. The van der Waals surface area contributed by atoms with E-state index < -0.39 is 0 Å². The van der Waals surface area contributed by atoms with Crippen LogP contribution in [0, 0.1) is 12.8 Å². The van der Waals surface area contributed by atoms with Crippen molar-refractivity contribution in [1.29, 1.82) is 0 Å². The van der Waals surface area contributed by atoms with Crippen molar-refractivity contribution in [2.24, 2.45) is 11.7 Å². The second kappa shape index (κ2) is 5.98. The van der Waals surface area contributed by atoms with Gasteiger partial charge in [0.2, 0.25) is 0 Å². The quantitative estimate of drug-likeness (QED) is 0.836. The lowest BCUT2D eigenvalue weighted by Crippen LogP contribution is -2.24. The highest BCUT2D eigenvalue weighted by Gasteiger charge is 2.25. The maximum Gasteiger partial charge on any atom is 0.0459 e. The topological polar surface area (TPSA) is 41.8 Å². The number of hydrogen-bond donors (Lipinski definition) is 2. The van der Waals surface area contributed by atoms with Crippen LogP contribution in [-0.2, 0) is 0 Å². The first-order valence-electron chi connectivity index (χ1n) is 7.10. The first kappa shape index (κ1) is 14.4. The van der Waals surface area contributed by atoms with Gasteiger partial charge in [-0.05, 0) is 37.3 Å². The number of aromatic nitrogens is 1. The van der Waals surface area contributed by atoms with Crippen molar-refractivity contribution in [3.63, 3.8) is 0 Å². The third-order valence-electron chi connectivity index (χ3n) is 4.43. The zero-order valence-electron chi connectivity index (χ0n) is 11.5. The van der Waals surface area contributed by atoms with Gasteiger partial charge in [-0.15, -0.1) is 12.4 Å². The minimum Gasteiger partial charge on any atom is -0.358 e. The zero-order valence-corrected chi connectivity index (χ0v) is 12.3. The monoisotopic (exact) mass is 278 g/mol. The molecule has 0 saturated heterocycles. The molecule has 2 aromatic rings. The fourth-order valence-electron chi connectivity index (χ4n) is 3.46. The van der Waals surface area contributed by atoms with Crippen LogP contribution in [0.1, 0.15) is 49.4 Å².